The van der Waals surface area contributed by atoms with Crippen LogP contribution in [0.25, 0.3) is 22.2 Å². The first-order valence-electron chi connectivity index (χ1n) is 10.3. The van der Waals surface area contributed by atoms with Crippen LogP contribution in [0.15, 0.2) is 81.6 Å². The van der Waals surface area contributed by atoms with Gasteiger partial charge in [-0.1, -0.05) is 47.6 Å². The molecule has 0 saturated heterocycles. The van der Waals surface area contributed by atoms with E-state index in [0.29, 0.717) is 38.2 Å². The number of fused-ring (bicyclic) bond motifs is 2. The van der Waals surface area contributed by atoms with Crippen molar-refractivity contribution in [2.75, 3.05) is 0 Å². The van der Waals surface area contributed by atoms with Crippen LogP contribution in [0.1, 0.15) is 16.8 Å². The molecule has 2 aromatic carbocycles. The van der Waals surface area contributed by atoms with E-state index < -0.39 is 0 Å². The Labute approximate surface area is 198 Å². The van der Waals surface area contributed by atoms with Crippen molar-refractivity contribution in [3.05, 3.63) is 109 Å². The van der Waals surface area contributed by atoms with Crippen molar-refractivity contribution >= 4 is 39.9 Å². The molecular formula is C25H19ClN4O2S. The smallest absolute Gasteiger partial charge is 0.266 e. The Morgan fingerprint density at radius 1 is 0.970 bits per heavy atom. The monoisotopic (exact) mass is 474 g/mol. The number of aryl methyl sites for hydroxylation is 2. The Kier molecular flexibility index (Phi) is 5.52. The molecule has 3 heterocycles. The van der Waals surface area contributed by atoms with Gasteiger partial charge in [-0.2, -0.15) is 0 Å². The minimum Gasteiger partial charge on any atom is -0.269 e. The third-order valence-corrected chi connectivity index (χ3v) is 6.57. The first-order valence-corrected chi connectivity index (χ1v) is 11.7. The first-order chi connectivity index (χ1) is 15.9. The van der Waals surface area contributed by atoms with Gasteiger partial charge in [-0.3, -0.25) is 18.6 Å². The van der Waals surface area contributed by atoms with Gasteiger partial charge in [-0.05, 0) is 55.3 Å². The number of aromatic nitrogens is 4. The highest BCUT2D eigenvalue weighted by molar-refractivity contribution is 7.98. The van der Waals surface area contributed by atoms with Crippen LogP contribution >= 0.6 is 23.4 Å². The topological polar surface area (TPSA) is 69.3 Å². The third-order valence-electron chi connectivity index (χ3n) is 5.37. The number of nitrogens with zero attached hydrogens (tertiary/aromatic N) is 4. The maximum atomic E-state index is 13.5. The molecule has 0 unspecified atom stereocenters. The van der Waals surface area contributed by atoms with E-state index in [1.165, 1.54) is 22.2 Å². The molecule has 0 N–H and O–H groups in total. The van der Waals surface area contributed by atoms with Gasteiger partial charge in [-0.15, -0.1) is 0 Å². The summed E-state index contributed by atoms with van der Waals surface area (Å²) >= 11 is 7.52. The number of rotatable bonds is 4. The van der Waals surface area contributed by atoms with Crippen LogP contribution < -0.4 is 11.1 Å². The number of para-hydroxylation sites is 1. The van der Waals surface area contributed by atoms with Gasteiger partial charge in [-0.25, -0.2) is 9.97 Å². The number of halogens is 1. The summed E-state index contributed by atoms with van der Waals surface area (Å²) in [6.45, 7) is 3.88. The lowest BCUT2D eigenvalue weighted by Crippen LogP contribution is -2.22. The fourth-order valence-corrected chi connectivity index (χ4v) is 4.80. The Morgan fingerprint density at radius 3 is 2.61 bits per heavy atom. The molecule has 0 aliphatic heterocycles. The normalized spacial score (nSPS) is 11.4. The quantitative estimate of drug-likeness (QED) is 0.272. The molecule has 0 bridgehead atoms. The second-order valence-electron chi connectivity index (χ2n) is 7.79. The van der Waals surface area contributed by atoms with Crippen LogP contribution in [0, 0.1) is 13.8 Å². The van der Waals surface area contributed by atoms with Gasteiger partial charge in [0, 0.05) is 23.0 Å². The third kappa shape index (κ3) is 4.05. The fourth-order valence-electron chi connectivity index (χ4n) is 3.73. The second kappa shape index (κ2) is 8.50. The van der Waals surface area contributed by atoms with E-state index in [4.69, 9.17) is 16.6 Å². The summed E-state index contributed by atoms with van der Waals surface area (Å²) < 4.78 is 3.15. The molecular weight excluding hydrogens is 456 g/mol. The van der Waals surface area contributed by atoms with Crippen LogP contribution in [-0.4, -0.2) is 18.9 Å². The van der Waals surface area contributed by atoms with Crippen molar-refractivity contribution in [1.29, 1.82) is 0 Å². The van der Waals surface area contributed by atoms with Gasteiger partial charge in [0.1, 0.15) is 5.65 Å². The van der Waals surface area contributed by atoms with E-state index >= 15 is 0 Å². The SMILES string of the molecule is Cc1ccc2nc(CSc3nc4cc(Cl)ccc4c(=O)n3-c3ccccc3C)cc(=O)n2c1. The van der Waals surface area contributed by atoms with Crippen molar-refractivity contribution in [3.63, 3.8) is 0 Å². The average molecular weight is 475 g/mol. The minimum absolute atomic E-state index is 0.145. The maximum absolute atomic E-state index is 13.5. The molecule has 0 spiro atoms. The number of pyridine rings is 1. The molecule has 0 atom stereocenters. The highest BCUT2D eigenvalue weighted by Crippen LogP contribution is 2.26. The number of hydrogen-bond acceptors (Lipinski definition) is 5. The van der Waals surface area contributed by atoms with Crippen molar-refractivity contribution in [2.24, 2.45) is 0 Å². The van der Waals surface area contributed by atoms with Crippen LogP contribution in [-0.2, 0) is 5.75 Å². The average Bonchev–Trinajstić information content (AvgIpc) is 2.79. The van der Waals surface area contributed by atoms with Crippen LogP contribution in [0.3, 0.4) is 0 Å². The summed E-state index contributed by atoms with van der Waals surface area (Å²) in [5.41, 5.74) is 4.11. The highest BCUT2D eigenvalue weighted by Gasteiger charge is 2.16. The van der Waals surface area contributed by atoms with Crippen LogP contribution in [0.4, 0.5) is 0 Å². The standard InChI is InChI=1S/C25H19ClN4O2S/c1-15-7-10-22-27-18(12-23(31)29(22)13-15)14-33-25-28-20-11-17(26)8-9-19(20)24(32)30(25)21-6-4-3-5-16(21)2/h3-13H,14H2,1-2H3. The zero-order valence-corrected chi connectivity index (χ0v) is 19.5. The van der Waals surface area contributed by atoms with Crippen molar-refractivity contribution in [3.8, 4) is 5.69 Å². The van der Waals surface area contributed by atoms with E-state index in [2.05, 4.69) is 4.98 Å². The zero-order chi connectivity index (χ0) is 23.1. The van der Waals surface area contributed by atoms with Gasteiger partial charge in [0.2, 0.25) is 0 Å². The first kappa shape index (κ1) is 21.4. The lowest BCUT2D eigenvalue weighted by atomic mass is 10.2. The molecule has 5 rings (SSSR count). The largest absolute Gasteiger partial charge is 0.269 e. The number of benzene rings is 2. The van der Waals surface area contributed by atoms with Gasteiger partial charge < -0.3 is 0 Å². The number of hydrogen-bond donors (Lipinski definition) is 0. The lowest BCUT2D eigenvalue weighted by Gasteiger charge is -2.15. The van der Waals surface area contributed by atoms with E-state index in [1.54, 1.807) is 29.0 Å². The van der Waals surface area contributed by atoms with Crippen molar-refractivity contribution in [1.82, 2.24) is 18.9 Å². The summed E-state index contributed by atoms with van der Waals surface area (Å²) in [7, 11) is 0. The Morgan fingerprint density at radius 2 is 1.79 bits per heavy atom. The van der Waals surface area contributed by atoms with E-state index in [0.717, 1.165) is 16.8 Å². The van der Waals surface area contributed by atoms with Gasteiger partial charge in [0.25, 0.3) is 11.1 Å². The Hall–Kier alpha value is -3.42. The molecule has 0 amide bonds. The molecule has 0 radical (unpaired) electrons. The van der Waals surface area contributed by atoms with Gasteiger partial charge in [0.15, 0.2) is 5.16 Å². The molecule has 164 valence electrons. The maximum Gasteiger partial charge on any atom is 0.266 e. The predicted molar refractivity (Wildman–Crippen MR) is 133 cm³/mol. The van der Waals surface area contributed by atoms with E-state index in [-0.39, 0.29) is 11.1 Å². The summed E-state index contributed by atoms with van der Waals surface area (Å²) in [5, 5.41) is 1.51. The molecule has 0 fully saturated rings. The fraction of sp³-hybridized carbons (Fsp3) is 0.120. The summed E-state index contributed by atoms with van der Waals surface area (Å²) in [5.74, 6) is 0.379. The van der Waals surface area contributed by atoms with Gasteiger partial charge in [0.05, 0.1) is 22.3 Å². The molecule has 6 nitrogen and oxygen atoms in total. The van der Waals surface area contributed by atoms with E-state index in [1.807, 2.05) is 50.2 Å². The lowest BCUT2D eigenvalue weighted by molar-refractivity contribution is 0.814. The summed E-state index contributed by atoms with van der Waals surface area (Å²) in [4.78, 5) is 35.4. The van der Waals surface area contributed by atoms with E-state index in [9.17, 15) is 9.59 Å². The molecule has 5 aromatic rings. The van der Waals surface area contributed by atoms with Crippen LogP contribution in [0.2, 0.25) is 5.02 Å². The van der Waals surface area contributed by atoms with Gasteiger partial charge >= 0.3 is 0 Å². The summed E-state index contributed by atoms with van der Waals surface area (Å²) in [6, 6.07) is 18.0. The van der Waals surface area contributed by atoms with Crippen molar-refractivity contribution in [2.45, 2.75) is 24.8 Å². The molecule has 3 aromatic heterocycles. The molecule has 0 aliphatic rings. The highest BCUT2D eigenvalue weighted by atomic mass is 35.5. The predicted octanol–water partition coefficient (Wildman–Crippen LogP) is 4.96. The molecule has 0 saturated carbocycles. The van der Waals surface area contributed by atoms with Crippen molar-refractivity contribution < 1.29 is 0 Å². The molecule has 0 aliphatic carbocycles. The summed E-state index contributed by atoms with van der Waals surface area (Å²) in [6.07, 6.45) is 1.77. The zero-order valence-electron chi connectivity index (χ0n) is 17.9. The van der Waals surface area contributed by atoms with Crippen LogP contribution in [0.5, 0.6) is 0 Å². The Bertz CT molecular complexity index is 1660. The second-order valence-corrected chi connectivity index (χ2v) is 9.17. The number of thioether (sulfide) groups is 1. The molecule has 33 heavy (non-hydrogen) atoms. The molecule has 8 heteroatoms. The minimum atomic E-state index is -0.171. The Balaban J connectivity index is 1.63.